The molecule has 0 aliphatic carbocycles. The van der Waals surface area contributed by atoms with Gasteiger partial charge in [0.05, 0.1) is 27.0 Å². The summed E-state index contributed by atoms with van der Waals surface area (Å²) in [6.45, 7) is 3.92. The first-order chi connectivity index (χ1) is 11.0. The third-order valence-corrected chi connectivity index (χ3v) is 4.34. The van der Waals surface area contributed by atoms with Crippen LogP contribution in [0.25, 0.3) is 10.2 Å². The summed E-state index contributed by atoms with van der Waals surface area (Å²) in [5, 5.41) is 3.48. The monoisotopic (exact) mass is 346 g/mol. The SMILES string of the molecule is CC(C)Oc1ccc(C(=O)Nc2ccc(Cl)c3ncsc23)cc1. The topological polar surface area (TPSA) is 51.2 Å². The van der Waals surface area contributed by atoms with Crippen molar-refractivity contribution in [2.75, 3.05) is 5.32 Å². The standard InChI is InChI=1S/C17H15ClN2O2S/c1-10(2)22-12-5-3-11(4-6-12)17(21)20-14-8-7-13(18)15-16(14)23-9-19-15/h3-10H,1-2H3,(H,20,21). The van der Waals surface area contributed by atoms with Crippen LogP contribution in [0, 0.1) is 0 Å². The molecule has 1 N–H and O–H groups in total. The van der Waals surface area contributed by atoms with E-state index >= 15 is 0 Å². The third-order valence-electron chi connectivity index (χ3n) is 3.17. The van der Waals surface area contributed by atoms with Crippen LogP contribution in [-0.2, 0) is 0 Å². The van der Waals surface area contributed by atoms with Crippen molar-refractivity contribution >= 4 is 44.7 Å². The average molecular weight is 347 g/mol. The lowest BCUT2D eigenvalue weighted by Crippen LogP contribution is -2.12. The molecule has 3 aromatic rings. The predicted octanol–water partition coefficient (Wildman–Crippen LogP) is 4.99. The van der Waals surface area contributed by atoms with Crippen LogP contribution in [0.2, 0.25) is 5.02 Å². The number of benzene rings is 2. The Morgan fingerprint density at radius 1 is 1.22 bits per heavy atom. The summed E-state index contributed by atoms with van der Waals surface area (Å²) >= 11 is 7.54. The van der Waals surface area contributed by atoms with E-state index in [2.05, 4.69) is 10.3 Å². The van der Waals surface area contributed by atoms with Crippen LogP contribution >= 0.6 is 22.9 Å². The fourth-order valence-corrected chi connectivity index (χ4v) is 3.21. The van der Waals surface area contributed by atoms with E-state index in [-0.39, 0.29) is 12.0 Å². The van der Waals surface area contributed by atoms with Gasteiger partial charge in [0, 0.05) is 5.56 Å². The van der Waals surface area contributed by atoms with Gasteiger partial charge in [0.15, 0.2) is 0 Å². The Hall–Kier alpha value is -2.11. The second kappa shape index (κ2) is 6.56. The molecule has 118 valence electrons. The van der Waals surface area contributed by atoms with Gasteiger partial charge in [-0.15, -0.1) is 11.3 Å². The summed E-state index contributed by atoms with van der Waals surface area (Å²) in [6.07, 6.45) is 0.100. The summed E-state index contributed by atoms with van der Waals surface area (Å²) in [5.41, 5.74) is 3.69. The number of rotatable bonds is 4. The molecular weight excluding hydrogens is 332 g/mol. The van der Waals surface area contributed by atoms with Gasteiger partial charge in [-0.3, -0.25) is 4.79 Å². The maximum Gasteiger partial charge on any atom is 0.255 e. The number of fused-ring (bicyclic) bond motifs is 1. The molecule has 0 fully saturated rings. The normalized spacial score (nSPS) is 11.0. The fourth-order valence-electron chi connectivity index (χ4n) is 2.17. The molecular formula is C17H15ClN2O2S. The highest BCUT2D eigenvalue weighted by Gasteiger charge is 2.12. The van der Waals surface area contributed by atoms with E-state index in [4.69, 9.17) is 16.3 Å². The Labute approximate surface area is 143 Å². The number of amides is 1. The first kappa shape index (κ1) is 15.8. The molecule has 23 heavy (non-hydrogen) atoms. The molecule has 1 amide bonds. The van der Waals surface area contributed by atoms with Crippen molar-refractivity contribution in [2.24, 2.45) is 0 Å². The molecule has 1 aromatic heterocycles. The molecule has 0 atom stereocenters. The Bertz CT molecular complexity index is 843. The van der Waals surface area contributed by atoms with Crippen molar-refractivity contribution in [2.45, 2.75) is 20.0 Å². The summed E-state index contributed by atoms with van der Waals surface area (Å²) in [7, 11) is 0. The van der Waals surface area contributed by atoms with Crippen molar-refractivity contribution in [1.29, 1.82) is 0 Å². The number of carbonyl (C=O) groups excluding carboxylic acids is 1. The van der Waals surface area contributed by atoms with E-state index in [9.17, 15) is 4.79 Å². The Morgan fingerprint density at radius 2 is 1.96 bits per heavy atom. The van der Waals surface area contributed by atoms with Crippen molar-refractivity contribution in [1.82, 2.24) is 4.98 Å². The third kappa shape index (κ3) is 3.46. The van der Waals surface area contributed by atoms with Gasteiger partial charge in [0.25, 0.3) is 5.91 Å². The van der Waals surface area contributed by atoms with Crippen molar-refractivity contribution in [3.8, 4) is 5.75 Å². The van der Waals surface area contributed by atoms with Gasteiger partial charge >= 0.3 is 0 Å². The number of carbonyl (C=O) groups is 1. The Kier molecular flexibility index (Phi) is 4.50. The first-order valence-corrected chi connectivity index (χ1v) is 8.40. The largest absolute Gasteiger partial charge is 0.491 e. The molecule has 0 spiro atoms. The van der Waals surface area contributed by atoms with Crippen molar-refractivity contribution in [3.63, 3.8) is 0 Å². The van der Waals surface area contributed by atoms with Gasteiger partial charge in [0.2, 0.25) is 0 Å². The minimum absolute atomic E-state index is 0.100. The molecule has 0 saturated heterocycles. The van der Waals surface area contributed by atoms with Gasteiger partial charge in [-0.2, -0.15) is 0 Å². The number of hydrogen-bond donors (Lipinski definition) is 1. The van der Waals surface area contributed by atoms with E-state index in [0.717, 1.165) is 10.4 Å². The molecule has 3 rings (SSSR count). The van der Waals surface area contributed by atoms with E-state index in [1.807, 2.05) is 13.8 Å². The van der Waals surface area contributed by atoms with Crippen LogP contribution in [0.5, 0.6) is 5.75 Å². The zero-order valence-corrected chi connectivity index (χ0v) is 14.2. The van der Waals surface area contributed by atoms with Gasteiger partial charge in [-0.1, -0.05) is 11.6 Å². The smallest absolute Gasteiger partial charge is 0.255 e. The van der Waals surface area contributed by atoms with Crippen LogP contribution in [0.15, 0.2) is 41.9 Å². The van der Waals surface area contributed by atoms with Gasteiger partial charge < -0.3 is 10.1 Å². The lowest BCUT2D eigenvalue weighted by atomic mass is 10.2. The maximum absolute atomic E-state index is 12.4. The van der Waals surface area contributed by atoms with E-state index in [0.29, 0.717) is 21.8 Å². The highest BCUT2D eigenvalue weighted by atomic mass is 35.5. The van der Waals surface area contributed by atoms with Gasteiger partial charge in [-0.25, -0.2) is 4.98 Å². The lowest BCUT2D eigenvalue weighted by molar-refractivity contribution is 0.102. The summed E-state index contributed by atoms with van der Waals surface area (Å²) < 4.78 is 6.44. The Morgan fingerprint density at radius 3 is 2.65 bits per heavy atom. The van der Waals surface area contributed by atoms with Crippen LogP contribution < -0.4 is 10.1 Å². The fraction of sp³-hybridized carbons (Fsp3) is 0.176. The van der Waals surface area contributed by atoms with Crippen molar-refractivity contribution in [3.05, 3.63) is 52.5 Å². The van der Waals surface area contributed by atoms with Crippen LogP contribution in [0.1, 0.15) is 24.2 Å². The molecule has 2 aromatic carbocycles. The molecule has 0 aliphatic rings. The predicted molar refractivity (Wildman–Crippen MR) is 94.8 cm³/mol. The molecule has 0 saturated carbocycles. The minimum Gasteiger partial charge on any atom is -0.491 e. The number of anilines is 1. The minimum atomic E-state index is -0.182. The first-order valence-electron chi connectivity index (χ1n) is 7.14. The Balaban J connectivity index is 1.80. The van der Waals surface area contributed by atoms with Gasteiger partial charge in [-0.05, 0) is 50.2 Å². The molecule has 0 bridgehead atoms. The number of nitrogens with one attached hydrogen (secondary N) is 1. The van der Waals surface area contributed by atoms with Crippen molar-refractivity contribution < 1.29 is 9.53 Å². The van der Waals surface area contributed by atoms with Gasteiger partial charge in [0.1, 0.15) is 11.3 Å². The van der Waals surface area contributed by atoms with E-state index < -0.39 is 0 Å². The molecule has 0 aliphatic heterocycles. The maximum atomic E-state index is 12.4. The number of aromatic nitrogens is 1. The van der Waals surface area contributed by atoms with E-state index in [1.54, 1.807) is 41.9 Å². The summed E-state index contributed by atoms with van der Waals surface area (Å²) in [5.74, 6) is 0.561. The number of hydrogen-bond acceptors (Lipinski definition) is 4. The number of halogens is 1. The average Bonchev–Trinajstić information content (AvgIpc) is 3.01. The van der Waals surface area contributed by atoms with Crippen LogP contribution in [-0.4, -0.2) is 17.0 Å². The molecule has 4 nitrogen and oxygen atoms in total. The molecule has 0 unspecified atom stereocenters. The zero-order valence-electron chi connectivity index (χ0n) is 12.7. The van der Waals surface area contributed by atoms with Crippen LogP contribution in [0.3, 0.4) is 0 Å². The lowest BCUT2D eigenvalue weighted by Gasteiger charge is -2.10. The summed E-state index contributed by atoms with van der Waals surface area (Å²) in [6, 6.07) is 10.6. The second-order valence-corrected chi connectivity index (χ2v) is 6.53. The highest BCUT2D eigenvalue weighted by Crippen LogP contribution is 2.32. The quantitative estimate of drug-likeness (QED) is 0.724. The number of ether oxygens (including phenoxy) is 1. The number of thiazole rings is 1. The zero-order chi connectivity index (χ0) is 16.4. The van der Waals surface area contributed by atoms with E-state index in [1.165, 1.54) is 11.3 Å². The molecule has 6 heteroatoms. The summed E-state index contributed by atoms with van der Waals surface area (Å²) in [4.78, 5) is 16.6. The molecule has 0 radical (unpaired) electrons. The molecule has 1 heterocycles. The second-order valence-electron chi connectivity index (χ2n) is 5.27. The van der Waals surface area contributed by atoms with Crippen LogP contribution in [0.4, 0.5) is 5.69 Å². The highest BCUT2D eigenvalue weighted by molar-refractivity contribution is 7.17. The number of nitrogens with zero attached hydrogens (tertiary/aromatic N) is 1.